The van der Waals surface area contributed by atoms with Crippen molar-refractivity contribution in [2.75, 3.05) is 14.2 Å². The van der Waals surface area contributed by atoms with E-state index in [-0.39, 0.29) is 0 Å². The highest BCUT2D eigenvalue weighted by molar-refractivity contribution is 5.96. The zero-order valence-electron chi connectivity index (χ0n) is 14.6. The molecule has 0 atom stereocenters. The highest BCUT2D eigenvalue weighted by atomic mass is 16.5. The van der Waals surface area contributed by atoms with Crippen LogP contribution in [-0.4, -0.2) is 24.2 Å². The van der Waals surface area contributed by atoms with Crippen LogP contribution >= 0.6 is 0 Å². The Morgan fingerprint density at radius 1 is 0.731 bits per heavy atom. The molecule has 0 saturated carbocycles. The zero-order chi connectivity index (χ0) is 17.9. The van der Waals surface area contributed by atoms with E-state index in [0.717, 1.165) is 44.9 Å². The molecule has 4 nitrogen and oxygen atoms in total. The molecule has 0 aliphatic rings. The van der Waals surface area contributed by atoms with Gasteiger partial charge in [0.25, 0.3) is 0 Å². The van der Waals surface area contributed by atoms with Crippen molar-refractivity contribution in [3.05, 3.63) is 72.9 Å². The Morgan fingerprint density at radius 3 is 2.12 bits per heavy atom. The lowest BCUT2D eigenvalue weighted by atomic mass is 10.0. The van der Waals surface area contributed by atoms with Crippen LogP contribution in [0.5, 0.6) is 11.5 Å². The average Bonchev–Trinajstić information content (AvgIpc) is 2.72. The summed E-state index contributed by atoms with van der Waals surface area (Å²) < 4.78 is 11.1. The monoisotopic (exact) mass is 342 g/mol. The maximum absolute atomic E-state index is 5.55. The smallest absolute Gasteiger partial charge is 0.128 e. The van der Waals surface area contributed by atoms with Gasteiger partial charge in [-0.25, -0.2) is 4.98 Å². The third-order valence-corrected chi connectivity index (χ3v) is 4.34. The predicted molar refractivity (Wildman–Crippen MR) is 104 cm³/mol. The van der Waals surface area contributed by atoms with E-state index in [4.69, 9.17) is 14.5 Å². The molecule has 4 aromatic rings. The number of fused-ring (bicyclic) bond motifs is 1. The summed E-state index contributed by atoms with van der Waals surface area (Å²) >= 11 is 0. The predicted octanol–water partition coefficient (Wildman–Crippen LogP) is 4.98. The fraction of sp³-hybridized carbons (Fsp3) is 0.0909. The Bertz CT molecular complexity index is 1080. The van der Waals surface area contributed by atoms with Crippen LogP contribution in [0.2, 0.25) is 0 Å². The highest BCUT2D eigenvalue weighted by Crippen LogP contribution is 2.37. The Labute approximate surface area is 152 Å². The number of aromatic nitrogens is 2. The van der Waals surface area contributed by atoms with Crippen molar-refractivity contribution >= 4 is 10.9 Å². The summed E-state index contributed by atoms with van der Waals surface area (Å²) in [5.74, 6) is 1.56. The van der Waals surface area contributed by atoms with Crippen molar-refractivity contribution < 1.29 is 9.47 Å². The lowest BCUT2D eigenvalue weighted by molar-refractivity contribution is 0.416. The zero-order valence-corrected chi connectivity index (χ0v) is 14.6. The molecule has 0 aliphatic heterocycles. The number of pyridine rings is 2. The summed E-state index contributed by atoms with van der Waals surface area (Å²) in [7, 11) is 3.34. The largest absolute Gasteiger partial charge is 0.496 e. The third-order valence-electron chi connectivity index (χ3n) is 4.34. The molecule has 0 spiro atoms. The Kier molecular flexibility index (Phi) is 4.23. The van der Waals surface area contributed by atoms with E-state index in [2.05, 4.69) is 4.98 Å². The minimum Gasteiger partial charge on any atom is -0.496 e. The molecule has 0 unspecified atom stereocenters. The summed E-state index contributed by atoms with van der Waals surface area (Å²) in [5.41, 5.74) is 4.40. The van der Waals surface area contributed by atoms with Gasteiger partial charge in [0.15, 0.2) is 0 Å². The molecule has 26 heavy (non-hydrogen) atoms. The normalized spacial score (nSPS) is 10.7. The van der Waals surface area contributed by atoms with Crippen LogP contribution in [0.1, 0.15) is 0 Å². The molecule has 0 radical (unpaired) electrons. The second-order valence-corrected chi connectivity index (χ2v) is 5.83. The van der Waals surface area contributed by atoms with Gasteiger partial charge in [-0.1, -0.05) is 24.3 Å². The molecule has 2 aromatic carbocycles. The Balaban J connectivity index is 2.04. The fourth-order valence-corrected chi connectivity index (χ4v) is 3.12. The average molecular weight is 342 g/mol. The number of nitrogens with zero attached hydrogens (tertiary/aromatic N) is 2. The summed E-state index contributed by atoms with van der Waals surface area (Å²) in [6.07, 6.45) is 1.79. The number of rotatable bonds is 4. The molecule has 4 rings (SSSR count). The molecule has 4 heteroatoms. The van der Waals surface area contributed by atoms with Crippen LogP contribution in [0.4, 0.5) is 0 Å². The minimum absolute atomic E-state index is 0.779. The van der Waals surface area contributed by atoms with Crippen molar-refractivity contribution in [2.24, 2.45) is 0 Å². The summed E-state index contributed by atoms with van der Waals surface area (Å²) in [6, 6.07) is 21.7. The molecule has 2 aromatic heterocycles. The van der Waals surface area contributed by atoms with Crippen molar-refractivity contribution in [1.82, 2.24) is 9.97 Å². The van der Waals surface area contributed by atoms with Crippen molar-refractivity contribution in [1.29, 1.82) is 0 Å². The summed E-state index contributed by atoms with van der Waals surface area (Å²) in [5, 5.41) is 0.982. The fourth-order valence-electron chi connectivity index (χ4n) is 3.12. The lowest BCUT2D eigenvalue weighted by Gasteiger charge is -2.13. The molecule has 2 heterocycles. The van der Waals surface area contributed by atoms with Gasteiger partial charge < -0.3 is 9.47 Å². The molecular weight excluding hydrogens is 324 g/mol. The van der Waals surface area contributed by atoms with Crippen molar-refractivity contribution in [3.8, 4) is 34.0 Å². The van der Waals surface area contributed by atoms with Gasteiger partial charge in [-0.3, -0.25) is 4.98 Å². The number of benzene rings is 2. The van der Waals surface area contributed by atoms with E-state index >= 15 is 0 Å². The Morgan fingerprint density at radius 2 is 1.38 bits per heavy atom. The van der Waals surface area contributed by atoms with Gasteiger partial charge in [-0.05, 0) is 42.5 Å². The van der Waals surface area contributed by atoms with Crippen molar-refractivity contribution in [2.45, 2.75) is 0 Å². The summed E-state index contributed by atoms with van der Waals surface area (Å²) in [4.78, 5) is 9.50. The van der Waals surface area contributed by atoms with Gasteiger partial charge in [-0.15, -0.1) is 0 Å². The standard InChI is InChI=1S/C22H18N2O2/c1-25-20-11-5-3-8-15(20)19-14-18-16(10-7-13-23-18)22(24-19)17-9-4-6-12-21(17)26-2/h3-14H,1-2H3. The highest BCUT2D eigenvalue weighted by Gasteiger charge is 2.15. The summed E-state index contributed by atoms with van der Waals surface area (Å²) in [6.45, 7) is 0. The van der Waals surface area contributed by atoms with Gasteiger partial charge in [0.1, 0.15) is 11.5 Å². The number of hydrogen-bond donors (Lipinski definition) is 0. The lowest BCUT2D eigenvalue weighted by Crippen LogP contribution is -1.96. The topological polar surface area (TPSA) is 44.2 Å². The van der Waals surface area contributed by atoms with E-state index in [0.29, 0.717) is 0 Å². The van der Waals surface area contributed by atoms with Crippen LogP contribution in [0.25, 0.3) is 33.4 Å². The maximum atomic E-state index is 5.55. The maximum Gasteiger partial charge on any atom is 0.128 e. The number of para-hydroxylation sites is 2. The number of ether oxygens (including phenoxy) is 2. The van der Waals surface area contributed by atoms with Crippen LogP contribution in [0.3, 0.4) is 0 Å². The second kappa shape index (κ2) is 6.84. The quantitative estimate of drug-likeness (QED) is 0.524. The van der Waals surface area contributed by atoms with E-state index in [9.17, 15) is 0 Å². The van der Waals surface area contributed by atoms with E-state index in [1.807, 2.05) is 66.7 Å². The van der Waals surface area contributed by atoms with Crippen LogP contribution in [0.15, 0.2) is 72.9 Å². The SMILES string of the molecule is COc1ccccc1-c1cc2ncccc2c(-c2ccccc2OC)n1. The van der Waals surface area contributed by atoms with E-state index < -0.39 is 0 Å². The number of hydrogen-bond acceptors (Lipinski definition) is 4. The molecule has 0 saturated heterocycles. The van der Waals surface area contributed by atoms with Gasteiger partial charge in [0.05, 0.1) is 31.1 Å². The molecule has 0 bridgehead atoms. The van der Waals surface area contributed by atoms with Gasteiger partial charge in [0.2, 0.25) is 0 Å². The van der Waals surface area contributed by atoms with Gasteiger partial charge in [0, 0.05) is 22.7 Å². The first-order valence-corrected chi connectivity index (χ1v) is 8.34. The van der Waals surface area contributed by atoms with Crippen LogP contribution < -0.4 is 9.47 Å². The first kappa shape index (κ1) is 16.1. The Hall–Kier alpha value is -3.40. The third kappa shape index (κ3) is 2.75. The van der Waals surface area contributed by atoms with E-state index in [1.54, 1.807) is 20.4 Å². The van der Waals surface area contributed by atoms with Crippen LogP contribution in [0, 0.1) is 0 Å². The second-order valence-electron chi connectivity index (χ2n) is 5.83. The molecule has 128 valence electrons. The minimum atomic E-state index is 0.779. The van der Waals surface area contributed by atoms with Crippen LogP contribution in [-0.2, 0) is 0 Å². The molecule has 0 N–H and O–H groups in total. The molecule has 0 aliphatic carbocycles. The first-order valence-electron chi connectivity index (χ1n) is 8.34. The molecular formula is C22H18N2O2. The number of methoxy groups -OCH3 is 2. The van der Waals surface area contributed by atoms with Gasteiger partial charge in [-0.2, -0.15) is 0 Å². The van der Waals surface area contributed by atoms with Crippen molar-refractivity contribution in [3.63, 3.8) is 0 Å². The van der Waals surface area contributed by atoms with Gasteiger partial charge >= 0.3 is 0 Å². The molecule has 0 amide bonds. The molecule has 0 fully saturated rings. The van der Waals surface area contributed by atoms with E-state index in [1.165, 1.54) is 0 Å². The first-order chi connectivity index (χ1) is 12.8.